The standard InChI is InChI=1S/C13H14FN3O2S/c1-8-5-11(6-12(15)13(8)14)20(18,19)17-10-4-3-9(2)16-7-10/h3-7,17H,15H2,1-2H3. The van der Waals surface area contributed by atoms with Crippen molar-refractivity contribution >= 4 is 21.4 Å². The van der Waals surface area contributed by atoms with E-state index >= 15 is 0 Å². The molecule has 0 unspecified atom stereocenters. The minimum atomic E-state index is -3.82. The number of pyridine rings is 1. The third kappa shape index (κ3) is 2.88. The molecule has 0 fully saturated rings. The van der Waals surface area contributed by atoms with Gasteiger partial charge in [0.25, 0.3) is 10.0 Å². The summed E-state index contributed by atoms with van der Waals surface area (Å²) in [6.45, 7) is 3.25. The van der Waals surface area contributed by atoms with Gasteiger partial charge < -0.3 is 5.73 Å². The Morgan fingerprint density at radius 1 is 1.25 bits per heavy atom. The molecule has 1 aromatic heterocycles. The number of sulfonamides is 1. The Hall–Kier alpha value is -2.15. The number of anilines is 2. The van der Waals surface area contributed by atoms with Gasteiger partial charge in [-0.1, -0.05) is 0 Å². The fourth-order valence-corrected chi connectivity index (χ4v) is 2.82. The molecule has 0 aliphatic heterocycles. The molecule has 0 amide bonds. The summed E-state index contributed by atoms with van der Waals surface area (Å²) in [7, 11) is -3.82. The largest absolute Gasteiger partial charge is 0.396 e. The van der Waals surface area contributed by atoms with Gasteiger partial charge in [-0.15, -0.1) is 0 Å². The first kappa shape index (κ1) is 14.3. The lowest BCUT2D eigenvalue weighted by Crippen LogP contribution is -2.14. The summed E-state index contributed by atoms with van der Waals surface area (Å²) in [5.74, 6) is -0.610. The maximum atomic E-state index is 13.4. The van der Waals surface area contributed by atoms with E-state index in [2.05, 4.69) is 9.71 Å². The maximum absolute atomic E-state index is 13.4. The molecule has 2 rings (SSSR count). The highest BCUT2D eigenvalue weighted by Gasteiger charge is 2.17. The number of hydrogen-bond donors (Lipinski definition) is 2. The van der Waals surface area contributed by atoms with Gasteiger partial charge in [0.15, 0.2) is 0 Å². The normalized spacial score (nSPS) is 11.3. The van der Waals surface area contributed by atoms with E-state index < -0.39 is 15.8 Å². The summed E-state index contributed by atoms with van der Waals surface area (Å²) in [6.07, 6.45) is 1.41. The lowest BCUT2D eigenvalue weighted by molar-refractivity contribution is 0.599. The van der Waals surface area contributed by atoms with E-state index in [1.165, 1.54) is 19.2 Å². The predicted octanol–water partition coefficient (Wildman–Crippen LogP) is 2.22. The molecule has 0 saturated heterocycles. The topological polar surface area (TPSA) is 85.1 Å². The molecule has 2 aromatic rings. The van der Waals surface area contributed by atoms with Crippen molar-refractivity contribution in [3.63, 3.8) is 0 Å². The molecule has 0 aliphatic rings. The van der Waals surface area contributed by atoms with Gasteiger partial charge in [0.2, 0.25) is 0 Å². The number of benzene rings is 1. The number of nitrogens with two attached hydrogens (primary N) is 1. The van der Waals surface area contributed by atoms with Crippen molar-refractivity contribution in [1.29, 1.82) is 0 Å². The van der Waals surface area contributed by atoms with Crippen LogP contribution in [0.25, 0.3) is 0 Å². The first-order valence-corrected chi connectivity index (χ1v) is 7.29. The lowest BCUT2D eigenvalue weighted by Gasteiger charge is -2.10. The van der Waals surface area contributed by atoms with Crippen LogP contribution in [-0.2, 0) is 10.0 Å². The summed E-state index contributed by atoms with van der Waals surface area (Å²) in [6, 6.07) is 5.60. The molecule has 0 atom stereocenters. The number of nitrogen functional groups attached to an aromatic ring is 1. The molecular formula is C13H14FN3O2S. The van der Waals surface area contributed by atoms with Crippen LogP contribution in [-0.4, -0.2) is 13.4 Å². The minimum absolute atomic E-state index is 0.0884. The first-order chi connectivity index (χ1) is 9.29. The maximum Gasteiger partial charge on any atom is 0.262 e. The highest BCUT2D eigenvalue weighted by atomic mass is 32.2. The van der Waals surface area contributed by atoms with Gasteiger partial charge in [-0.05, 0) is 43.7 Å². The number of nitrogens with zero attached hydrogens (tertiary/aromatic N) is 1. The molecule has 0 radical (unpaired) electrons. The molecule has 5 nitrogen and oxygen atoms in total. The number of nitrogens with one attached hydrogen (secondary N) is 1. The second-order valence-electron chi connectivity index (χ2n) is 4.44. The van der Waals surface area contributed by atoms with Gasteiger partial charge in [-0.2, -0.15) is 0 Å². The molecule has 1 aromatic carbocycles. The van der Waals surface area contributed by atoms with Crippen LogP contribution in [0.3, 0.4) is 0 Å². The first-order valence-electron chi connectivity index (χ1n) is 5.81. The zero-order valence-electron chi connectivity index (χ0n) is 11.0. The molecule has 20 heavy (non-hydrogen) atoms. The third-order valence-corrected chi connectivity index (χ3v) is 4.09. The highest BCUT2D eigenvalue weighted by Crippen LogP contribution is 2.22. The Bertz CT molecular complexity index is 720. The monoisotopic (exact) mass is 295 g/mol. The third-order valence-electron chi connectivity index (χ3n) is 2.73. The van der Waals surface area contributed by atoms with Crippen LogP contribution in [0, 0.1) is 19.7 Å². The van der Waals surface area contributed by atoms with Gasteiger partial charge in [-0.25, -0.2) is 12.8 Å². The average molecular weight is 295 g/mol. The second kappa shape index (κ2) is 5.09. The minimum Gasteiger partial charge on any atom is -0.396 e. The summed E-state index contributed by atoms with van der Waals surface area (Å²) in [5.41, 5.74) is 6.53. The molecule has 0 spiro atoms. The van der Waals surface area contributed by atoms with Crippen LogP contribution in [0.1, 0.15) is 11.3 Å². The Morgan fingerprint density at radius 3 is 2.50 bits per heavy atom. The van der Waals surface area contributed by atoms with Crippen LogP contribution in [0.2, 0.25) is 0 Å². The SMILES string of the molecule is Cc1ccc(NS(=O)(=O)c2cc(C)c(F)c(N)c2)cn1. The quantitative estimate of drug-likeness (QED) is 0.850. The Labute approximate surface area is 116 Å². The fraction of sp³-hybridized carbons (Fsp3) is 0.154. The van der Waals surface area contributed by atoms with Gasteiger partial charge in [0, 0.05) is 5.69 Å². The number of aromatic nitrogens is 1. The smallest absolute Gasteiger partial charge is 0.262 e. The molecule has 0 aliphatic carbocycles. The van der Waals surface area contributed by atoms with E-state index in [0.29, 0.717) is 5.69 Å². The summed E-state index contributed by atoms with van der Waals surface area (Å²) >= 11 is 0. The van der Waals surface area contributed by atoms with Crippen LogP contribution in [0.15, 0.2) is 35.4 Å². The zero-order valence-corrected chi connectivity index (χ0v) is 11.8. The van der Waals surface area contributed by atoms with Crippen LogP contribution in [0.5, 0.6) is 0 Å². The van der Waals surface area contributed by atoms with Crippen molar-refractivity contribution in [1.82, 2.24) is 4.98 Å². The van der Waals surface area contributed by atoms with Gasteiger partial charge >= 0.3 is 0 Å². The van der Waals surface area contributed by atoms with Crippen molar-refractivity contribution in [2.75, 3.05) is 10.5 Å². The molecule has 0 saturated carbocycles. The van der Waals surface area contributed by atoms with Crippen LogP contribution >= 0.6 is 0 Å². The predicted molar refractivity (Wildman–Crippen MR) is 75.3 cm³/mol. The van der Waals surface area contributed by atoms with Crippen molar-refractivity contribution in [2.24, 2.45) is 0 Å². The second-order valence-corrected chi connectivity index (χ2v) is 6.12. The highest BCUT2D eigenvalue weighted by molar-refractivity contribution is 7.92. The van der Waals surface area contributed by atoms with Gasteiger partial charge in [-0.3, -0.25) is 9.71 Å². The Balaban J connectivity index is 2.38. The summed E-state index contributed by atoms with van der Waals surface area (Å²) in [5, 5.41) is 0. The van der Waals surface area contributed by atoms with Crippen molar-refractivity contribution in [2.45, 2.75) is 18.7 Å². The van der Waals surface area contributed by atoms with Crippen LogP contribution < -0.4 is 10.5 Å². The van der Waals surface area contributed by atoms with Crippen molar-refractivity contribution in [3.05, 3.63) is 47.5 Å². The van der Waals surface area contributed by atoms with E-state index in [1.54, 1.807) is 19.1 Å². The number of halogens is 1. The summed E-state index contributed by atoms with van der Waals surface area (Å²) < 4.78 is 40.2. The van der Waals surface area contributed by atoms with Gasteiger partial charge in [0.05, 0.1) is 22.5 Å². The van der Waals surface area contributed by atoms with E-state index in [4.69, 9.17) is 5.73 Å². The Morgan fingerprint density at radius 2 is 1.95 bits per heavy atom. The molecule has 106 valence electrons. The van der Waals surface area contributed by atoms with E-state index in [9.17, 15) is 12.8 Å². The lowest BCUT2D eigenvalue weighted by atomic mass is 10.2. The van der Waals surface area contributed by atoms with E-state index in [1.807, 2.05) is 0 Å². The molecule has 1 heterocycles. The number of hydrogen-bond acceptors (Lipinski definition) is 4. The van der Waals surface area contributed by atoms with Crippen molar-refractivity contribution in [3.8, 4) is 0 Å². The molecule has 3 N–H and O–H groups in total. The molecule has 7 heteroatoms. The molecular weight excluding hydrogens is 281 g/mol. The molecule has 0 bridgehead atoms. The summed E-state index contributed by atoms with van der Waals surface area (Å²) in [4.78, 5) is 3.91. The van der Waals surface area contributed by atoms with E-state index in [0.717, 1.165) is 11.8 Å². The average Bonchev–Trinajstić information content (AvgIpc) is 2.38. The van der Waals surface area contributed by atoms with E-state index in [-0.39, 0.29) is 16.1 Å². The number of rotatable bonds is 3. The van der Waals surface area contributed by atoms with Crippen molar-refractivity contribution < 1.29 is 12.8 Å². The number of aryl methyl sites for hydroxylation is 2. The van der Waals surface area contributed by atoms with Crippen LogP contribution in [0.4, 0.5) is 15.8 Å². The van der Waals surface area contributed by atoms with Gasteiger partial charge in [0.1, 0.15) is 5.82 Å². The fourth-order valence-electron chi connectivity index (χ4n) is 1.66. The zero-order chi connectivity index (χ0) is 14.9. The Kier molecular flexibility index (Phi) is 3.63.